The molecule has 0 bridgehead atoms. The van der Waals surface area contributed by atoms with Crippen LogP contribution in [0.4, 0.5) is 17.1 Å². The molecule has 17 heteroatoms. The summed E-state index contributed by atoms with van der Waals surface area (Å²) in [4.78, 5) is -1.49. The van der Waals surface area contributed by atoms with Crippen LogP contribution in [0.3, 0.4) is 0 Å². The number of hydrogen-bond donors (Lipinski definition) is 2. The van der Waals surface area contributed by atoms with Gasteiger partial charge in [0.1, 0.15) is 11.4 Å². The number of rotatable bonds is 8. The number of azo groups is 1. The summed E-state index contributed by atoms with van der Waals surface area (Å²) < 4.78 is 101. The Morgan fingerprint density at radius 3 is 1.93 bits per heavy atom. The van der Waals surface area contributed by atoms with Crippen LogP contribution in [-0.2, 0) is 38.7 Å². The maximum atomic E-state index is 13.2. The molecule has 0 aromatic heterocycles. The lowest BCUT2D eigenvalue weighted by Gasteiger charge is -2.13. The first-order valence-electron chi connectivity index (χ1n) is 11.2. The standard InChI is InChI=1S/C24H20ClN3O9S4/c1-38(30,31)15-9-10-19(23(14-15)39(2,32)33)26-27-20-11-12-22(29)18-7-4-8-21(24(18)20)28-41(36,37)17-6-3-5-16(13-17)40(25,34)35/h3-14,28-29H,1-2H3/b27-26+. The van der Waals surface area contributed by atoms with Crippen LogP contribution >= 0.6 is 10.7 Å². The number of benzene rings is 4. The Morgan fingerprint density at radius 1 is 0.683 bits per heavy atom. The Kier molecular flexibility index (Phi) is 7.92. The molecule has 0 amide bonds. The van der Waals surface area contributed by atoms with Crippen molar-refractivity contribution in [3.05, 3.63) is 72.8 Å². The van der Waals surface area contributed by atoms with Gasteiger partial charge in [-0.15, -0.1) is 10.2 Å². The van der Waals surface area contributed by atoms with Crippen LogP contribution in [0.15, 0.2) is 103 Å². The number of sulfone groups is 2. The van der Waals surface area contributed by atoms with E-state index in [9.17, 15) is 38.8 Å². The fourth-order valence-electron chi connectivity index (χ4n) is 3.75. The van der Waals surface area contributed by atoms with Gasteiger partial charge in [0.25, 0.3) is 19.1 Å². The molecule has 41 heavy (non-hydrogen) atoms. The maximum Gasteiger partial charge on any atom is 0.261 e. The van der Waals surface area contributed by atoms with Gasteiger partial charge in [-0.3, -0.25) is 4.72 Å². The number of phenolic OH excluding ortho intramolecular Hbond substituents is 1. The van der Waals surface area contributed by atoms with Gasteiger partial charge in [0.05, 0.1) is 31.0 Å². The smallest absolute Gasteiger partial charge is 0.261 e. The number of hydrogen-bond acceptors (Lipinski definition) is 11. The summed E-state index contributed by atoms with van der Waals surface area (Å²) in [6, 6.07) is 14.5. The molecule has 0 aliphatic heterocycles. The molecule has 0 aliphatic rings. The second-order valence-electron chi connectivity index (χ2n) is 8.72. The van der Waals surface area contributed by atoms with Gasteiger partial charge in [-0.2, -0.15) is 0 Å². The minimum Gasteiger partial charge on any atom is -0.507 e. The summed E-state index contributed by atoms with van der Waals surface area (Å²) in [5.41, 5.74) is -0.236. The summed E-state index contributed by atoms with van der Waals surface area (Å²) in [6.07, 6.45) is 1.80. The molecule has 0 heterocycles. The van der Waals surface area contributed by atoms with Crippen LogP contribution in [0, 0.1) is 0 Å². The second kappa shape index (κ2) is 10.7. The third kappa shape index (κ3) is 6.68. The van der Waals surface area contributed by atoms with E-state index in [1.54, 1.807) is 0 Å². The molecule has 4 aromatic carbocycles. The van der Waals surface area contributed by atoms with E-state index in [0.29, 0.717) is 0 Å². The Hall–Kier alpha value is -3.57. The Labute approximate surface area is 240 Å². The molecule has 2 N–H and O–H groups in total. The van der Waals surface area contributed by atoms with E-state index in [1.165, 1.54) is 48.5 Å². The van der Waals surface area contributed by atoms with Gasteiger partial charge < -0.3 is 5.11 Å². The van der Waals surface area contributed by atoms with Crippen molar-refractivity contribution in [1.29, 1.82) is 0 Å². The van der Waals surface area contributed by atoms with E-state index in [2.05, 4.69) is 15.0 Å². The molecular weight excluding hydrogens is 638 g/mol. The van der Waals surface area contributed by atoms with Crippen molar-refractivity contribution in [3.8, 4) is 5.75 Å². The number of halogens is 1. The fraction of sp³-hybridized carbons (Fsp3) is 0.0833. The number of fused-ring (bicyclic) bond motifs is 1. The van der Waals surface area contributed by atoms with Crippen molar-refractivity contribution < 1.29 is 38.8 Å². The number of anilines is 1. The highest BCUT2D eigenvalue weighted by Gasteiger charge is 2.21. The number of sulfonamides is 1. The van der Waals surface area contributed by atoms with Gasteiger partial charge in [0.2, 0.25) is 0 Å². The molecule has 12 nitrogen and oxygen atoms in total. The van der Waals surface area contributed by atoms with Crippen molar-refractivity contribution in [2.75, 3.05) is 17.2 Å². The molecule has 0 fully saturated rings. The van der Waals surface area contributed by atoms with Crippen LogP contribution in [0.1, 0.15) is 0 Å². The Morgan fingerprint density at radius 2 is 1.29 bits per heavy atom. The van der Waals surface area contributed by atoms with E-state index in [0.717, 1.165) is 36.8 Å². The van der Waals surface area contributed by atoms with Crippen LogP contribution in [0.2, 0.25) is 0 Å². The Balaban J connectivity index is 1.86. The average molecular weight is 658 g/mol. The Bertz CT molecular complexity index is 2180. The number of nitrogens with zero attached hydrogens (tertiary/aromatic N) is 2. The molecule has 0 saturated heterocycles. The van der Waals surface area contributed by atoms with Crippen LogP contribution in [0.25, 0.3) is 10.8 Å². The van der Waals surface area contributed by atoms with E-state index in [-0.39, 0.29) is 38.5 Å². The molecule has 0 aliphatic carbocycles. The van der Waals surface area contributed by atoms with Crippen molar-refractivity contribution in [2.45, 2.75) is 19.6 Å². The van der Waals surface area contributed by atoms with Gasteiger partial charge in [-0.1, -0.05) is 18.2 Å². The number of aromatic hydroxyl groups is 1. The molecule has 0 spiro atoms. The molecule has 0 radical (unpaired) electrons. The number of phenols is 1. The van der Waals surface area contributed by atoms with Gasteiger partial charge in [0, 0.05) is 34.0 Å². The van der Waals surface area contributed by atoms with E-state index in [1.807, 2.05) is 0 Å². The second-order valence-corrected chi connectivity index (χ2v) is 17.0. The van der Waals surface area contributed by atoms with Gasteiger partial charge in [0.15, 0.2) is 19.7 Å². The van der Waals surface area contributed by atoms with Gasteiger partial charge in [-0.05, 0) is 54.6 Å². The molecule has 216 valence electrons. The fourth-order valence-corrected chi connectivity index (χ4v) is 7.29. The summed E-state index contributed by atoms with van der Waals surface area (Å²) in [7, 11) is -10.9. The molecule has 0 atom stereocenters. The summed E-state index contributed by atoms with van der Waals surface area (Å²) >= 11 is 0. The first-order chi connectivity index (χ1) is 18.9. The minimum absolute atomic E-state index is 0.0137. The molecule has 4 rings (SSSR count). The van der Waals surface area contributed by atoms with Crippen molar-refractivity contribution in [1.82, 2.24) is 0 Å². The van der Waals surface area contributed by atoms with Crippen LogP contribution in [0.5, 0.6) is 5.75 Å². The molecule has 4 aromatic rings. The van der Waals surface area contributed by atoms with E-state index in [4.69, 9.17) is 10.7 Å². The first kappa shape index (κ1) is 30.4. The van der Waals surface area contributed by atoms with E-state index >= 15 is 0 Å². The SMILES string of the molecule is CS(=O)(=O)c1ccc(/N=N/c2ccc(O)c3cccc(NS(=O)(=O)c4cccc(S(=O)(=O)Cl)c4)c23)c(S(C)(=O)=O)c1. The zero-order chi connectivity index (χ0) is 30.4. The van der Waals surface area contributed by atoms with Crippen molar-refractivity contribution >= 4 is 77.3 Å². The maximum absolute atomic E-state index is 13.2. The zero-order valence-electron chi connectivity index (χ0n) is 21.0. The predicted molar refractivity (Wildman–Crippen MR) is 153 cm³/mol. The normalized spacial score (nSPS) is 13.0. The monoisotopic (exact) mass is 657 g/mol. The quantitative estimate of drug-likeness (QED) is 0.203. The van der Waals surface area contributed by atoms with Crippen molar-refractivity contribution in [2.24, 2.45) is 10.2 Å². The predicted octanol–water partition coefficient (Wildman–Crippen LogP) is 4.50. The highest BCUT2D eigenvalue weighted by Crippen LogP contribution is 2.40. The number of nitrogens with one attached hydrogen (secondary N) is 1. The van der Waals surface area contributed by atoms with Gasteiger partial charge in [-0.25, -0.2) is 33.7 Å². The van der Waals surface area contributed by atoms with Crippen LogP contribution in [-0.4, -0.2) is 51.3 Å². The molecule has 0 unspecified atom stereocenters. The lowest BCUT2D eigenvalue weighted by molar-refractivity contribution is 0.481. The third-order valence-electron chi connectivity index (χ3n) is 5.66. The summed E-state index contributed by atoms with van der Waals surface area (Å²) in [6.45, 7) is 0. The highest BCUT2D eigenvalue weighted by atomic mass is 35.7. The average Bonchev–Trinajstić information content (AvgIpc) is 2.87. The van der Waals surface area contributed by atoms with Crippen LogP contribution < -0.4 is 4.72 Å². The van der Waals surface area contributed by atoms with Gasteiger partial charge >= 0.3 is 0 Å². The molecule has 0 saturated carbocycles. The highest BCUT2D eigenvalue weighted by molar-refractivity contribution is 8.13. The topological polar surface area (TPSA) is 194 Å². The van der Waals surface area contributed by atoms with E-state index < -0.39 is 53.4 Å². The minimum atomic E-state index is -4.39. The summed E-state index contributed by atoms with van der Waals surface area (Å²) in [5.74, 6) is -0.232. The first-order valence-corrected chi connectivity index (χ1v) is 18.7. The largest absolute Gasteiger partial charge is 0.507 e. The zero-order valence-corrected chi connectivity index (χ0v) is 25.1. The third-order valence-corrected chi connectivity index (χ3v) is 10.6. The summed E-state index contributed by atoms with van der Waals surface area (Å²) in [5, 5.41) is 18.8. The lowest BCUT2D eigenvalue weighted by atomic mass is 10.1. The molecular formula is C24H20ClN3O9S4. The van der Waals surface area contributed by atoms with Crippen molar-refractivity contribution in [3.63, 3.8) is 0 Å². The lowest BCUT2D eigenvalue weighted by Crippen LogP contribution is -2.13.